The molecule has 1 rings (SSSR count). The molecule has 0 spiro atoms. The molecule has 0 bridgehead atoms. The summed E-state index contributed by atoms with van der Waals surface area (Å²) in [6, 6.07) is 5.83. The van der Waals surface area contributed by atoms with Crippen LogP contribution in [0, 0.1) is 0 Å². The number of rotatable bonds is 6. The minimum atomic E-state index is -0.483. The molecule has 0 saturated carbocycles. The van der Waals surface area contributed by atoms with Gasteiger partial charge in [0.25, 0.3) is 0 Å². The van der Waals surface area contributed by atoms with Crippen molar-refractivity contribution in [1.82, 2.24) is 9.88 Å². The molecule has 2 N–H and O–H groups in total. The lowest BCUT2D eigenvalue weighted by Gasteiger charge is -2.32. The van der Waals surface area contributed by atoms with E-state index in [1.54, 1.807) is 11.1 Å². The Kier molecular flexibility index (Phi) is 6.35. The average molecular weight is 307 g/mol. The number of carbonyl (C=O) groups excluding carboxylic acids is 1. The molecule has 0 aromatic carbocycles. The van der Waals surface area contributed by atoms with Crippen molar-refractivity contribution < 1.29 is 9.53 Å². The summed E-state index contributed by atoms with van der Waals surface area (Å²) in [6.45, 7) is 11.3. The predicted molar refractivity (Wildman–Crippen MR) is 88.7 cm³/mol. The van der Waals surface area contributed by atoms with E-state index < -0.39 is 5.60 Å². The van der Waals surface area contributed by atoms with Gasteiger partial charge < -0.3 is 15.4 Å². The van der Waals surface area contributed by atoms with Gasteiger partial charge >= 0.3 is 6.09 Å². The van der Waals surface area contributed by atoms with E-state index in [0.29, 0.717) is 19.6 Å². The lowest BCUT2D eigenvalue weighted by molar-refractivity contribution is 0.0248. The van der Waals surface area contributed by atoms with Crippen molar-refractivity contribution in [3.8, 4) is 0 Å². The Labute approximate surface area is 133 Å². The van der Waals surface area contributed by atoms with Crippen LogP contribution in [0.2, 0.25) is 0 Å². The molecule has 1 heterocycles. The van der Waals surface area contributed by atoms with Gasteiger partial charge in [0.15, 0.2) is 0 Å². The van der Waals surface area contributed by atoms with Gasteiger partial charge in [-0.2, -0.15) is 0 Å². The standard InChI is InChI=1S/C17H29N3O2/c1-6-20(15(21)22-16(2,3)4)12-10-17(5,13-18)14-9-7-8-11-19-14/h7-9,11H,6,10,12-13,18H2,1-5H3. The normalized spacial score (nSPS) is 14.3. The summed E-state index contributed by atoms with van der Waals surface area (Å²) in [5.74, 6) is 0. The molecule has 22 heavy (non-hydrogen) atoms. The molecule has 0 saturated heterocycles. The van der Waals surface area contributed by atoms with E-state index >= 15 is 0 Å². The summed E-state index contributed by atoms with van der Waals surface area (Å²) in [4.78, 5) is 18.3. The van der Waals surface area contributed by atoms with Crippen molar-refractivity contribution in [3.05, 3.63) is 30.1 Å². The van der Waals surface area contributed by atoms with Crippen LogP contribution in [0.4, 0.5) is 4.79 Å². The Morgan fingerprint density at radius 1 is 1.32 bits per heavy atom. The summed E-state index contributed by atoms with van der Waals surface area (Å²) in [5.41, 5.74) is 6.19. The smallest absolute Gasteiger partial charge is 0.410 e. The minimum Gasteiger partial charge on any atom is -0.444 e. The Morgan fingerprint density at radius 2 is 2.00 bits per heavy atom. The number of amides is 1. The highest BCUT2D eigenvalue weighted by molar-refractivity contribution is 5.68. The number of aromatic nitrogens is 1. The van der Waals surface area contributed by atoms with Gasteiger partial charge in [0, 0.05) is 36.9 Å². The number of ether oxygens (including phenoxy) is 1. The molecule has 1 unspecified atom stereocenters. The summed E-state index contributed by atoms with van der Waals surface area (Å²) in [6.07, 6.45) is 2.23. The first-order valence-corrected chi connectivity index (χ1v) is 7.81. The number of hydrogen-bond donors (Lipinski definition) is 1. The van der Waals surface area contributed by atoms with Gasteiger partial charge in [-0.25, -0.2) is 4.79 Å². The second-order valence-electron chi connectivity index (χ2n) is 6.79. The molecule has 124 valence electrons. The maximum atomic E-state index is 12.2. The Hall–Kier alpha value is -1.62. The molecule has 1 atom stereocenters. The van der Waals surface area contributed by atoms with Crippen molar-refractivity contribution in [2.24, 2.45) is 5.73 Å². The van der Waals surface area contributed by atoms with Gasteiger partial charge in [0.05, 0.1) is 0 Å². The highest BCUT2D eigenvalue weighted by Crippen LogP contribution is 2.25. The second kappa shape index (κ2) is 7.58. The topological polar surface area (TPSA) is 68.5 Å². The zero-order chi connectivity index (χ0) is 16.8. The fourth-order valence-electron chi connectivity index (χ4n) is 2.14. The van der Waals surface area contributed by atoms with Crippen LogP contribution in [0.1, 0.15) is 46.7 Å². The number of nitrogens with two attached hydrogens (primary N) is 1. The fourth-order valence-corrected chi connectivity index (χ4v) is 2.14. The second-order valence-corrected chi connectivity index (χ2v) is 6.79. The van der Waals surface area contributed by atoms with Crippen molar-refractivity contribution >= 4 is 6.09 Å². The van der Waals surface area contributed by atoms with Crippen LogP contribution in [-0.2, 0) is 10.2 Å². The third kappa shape index (κ3) is 5.30. The lowest BCUT2D eigenvalue weighted by Crippen LogP contribution is -2.41. The molecule has 1 aromatic rings. The highest BCUT2D eigenvalue weighted by atomic mass is 16.6. The van der Waals surface area contributed by atoms with Crippen LogP contribution in [0.15, 0.2) is 24.4 Å². The van der Waals surface area contributed by atoms with E-state index in [2.05, 4.69) is 11.9 Å². The van der Waals surface area contributed by atoms with Crippen LogP contribution in [-0.4, -0.2) is 41.2 Å². The minimum absolute atomic E-state index is 0.253. The SMILES string of the molecule is CCN(CCC(C)(CN)c1ccccn1)C(=O)OC(C)(C)C. The van der Waals surface area contributed by atoms with Crippen molar-refractivity contribution in [1.29, 1.82) is 0 Å². The maximum Gasteiger partial charge on any atom is 0.410 e. The molecular weight excluding hydrogens is 278 g/mol. The van der Waals surface area contributed by atoms with Gasteiger partial charge in [-0.3, -0.25) is 4.98 Å². The quantitative estimate of drug-likeness (QED) is 0.877. The van der Waals surface area contributed by atoms with E-state index in [1.807, 2.05) is 45.9 Å². The molecule has 0 aliphatic carbocycles. The van der Waals surface area contributed by atoms with Crippen molar-refractivity contribution in [2.75, 3.05) is 19.6 Å². The van der Waals surface area contributed by atoms with Gasteiger partial charge in [-0.05, 0) is 46.2 Å². The molecule has 0 aliphatic rings. The largest absolute Gasteiger partial charge is 0.444 e. The molecule has 0 radical (unpaired) electrons. The molecule has 1 amide bonds. The zero-order valence-corrected chi connectivity index (χ0v) is 14.4. The number of hydrogen-bond acceptors (Lipinski definition) is 4. The zero-order valence-electron chi connectivity index (χ0n) is 14.4. The van der Waals surface area contributed by atoms with Gasteiger partial charge in [0.1, 0.15) is 5.60 Å². The van der Waals surface area contributed by atoms with Crippen molar-refractivity contribution in [2.45, 2.75) is 52.1 Å². The van der Waals surface area contributed by atoms with Crippen LogP contribution in [0.25, 0.3) is 0 Å². The first kappa shape index (κ1) is 18.4. The van der Waals surface area contributed by atoms with E-state index in [9.17, 15) is 4.79 Å². The number of nitrogens with zero attached hydrogens (tertiary/aromatic N) is 2. The molecule has 1 aromatic heterocycles. The fraction of sp³-hybridized carbons (Fsp3) is 0.647. The van der Waals surface area contributed by atoms with Crippen LogP contribution in [0.3, 0.4) is 0 Å². The van der Waals surface area contributed by atoms with Crippen LogP contribution < -0.4 is 5.73 Å². The Balaban J connectivity index is 2.74. The molecule has 5 nitrogen and oxygen atoms in total. The van der Waals surface area contributed by atoms with Crippen LogP contribution in [0.5, 0.6) is 0 Å². The molecule has 0 aliphatic heterocycles. The van der Waals surface area contributed by atoms with E-state index in [4.69, 9.17) is 10.5 Å². The van der Waals surface area contributed by atoms with E-state index in [-0.39, 0.29) is 11.5 Å². The first-order valence-electron chi connectivity index (χ1n) is 7.81. The van der Waals surface area contributed by atoms with E-state index in [0.717, 1.165) is 12.1 Å². The van der Waals surface area contributed by atoms with Gasteiger partial charge in [-0.15, -0.1) is 0 Å². The average Bonchev–Trinajstić information content (AvgIpc) is 2.46. The maximum absolute atomic E-state index is 12.2. The lowest BCUT2D eigenvalue weighted by atomic mass is 9.82. The van der Waals surface area contributed by atoms with E-state index in [1.165, 1.54) is 0 Å². The summed E-state index contributed by atoms with van der Waals surface area (Å²) < 4.78 is 5.44. The first-order chi connectivity index (χ1) is 10.2. The number of carbonyl (C=O) groups is 1. The number of pyridine rings is 1. The predicted octanol–water partition coefficient (Wildman–Crippen LogP) is 2.95. The van der Waals surface area contributed by atoms with Gasteiger partial charge in [-0.1, -0.05) is 13.0 Å². The molecule has 0 fully saturated rings. The summed E-state index contributed by atoms with van der Waals surface area (Å²) in [5, 5.41) is 0. The van der Waals surface area contributed by atoms with Crippen molar-refractivity contribution in [3.63, 3.8) is 0 Å². The third-order valence-electron chi connectivity index (χ3n) is 3.70. The summed E-state index contributed by atoms with van der Waals surface area (Å²) in [7, 11) is 0. The molecule has 5 heteroatoms. The Morgan fingerprint density at radius 3 is 2.45 bits per heavy atom. The van der Waals surface area contributed by atoms with Gasteiger partial charge in [0.2, 0.25) is 0 Å². The third-order valence-corrected chi connectivity index (χ3v) is 3.70. The van der Waals surface area contributed by atoms with Crippen LogP contribution >= 0.6 is 0 Å². The monoisotopic (exact) mass is 307 g/mol. The highest BCUT2D eigenvalue weighted by Gasteiger charge is 2.29. The summed E-state index contributed by atoms with van der Waals surface area (Å²) >= 11 is 0. The molecular formula is C17H29N3O2. The Bertz CT molecular complexity index is 471.